The van der Waals surface area contributed by atoms with Crippen molar-refractivity contribution in [2.24, 2.45) is 0 Å². The van der Waals surface area contributed by atoms with Crippen molar-refractivity contribution in [2.45, 2.75) is 18.9 Å². The maximum absolute atomic E-state index is 12.3. The first kappa shape index (κ1) is 23.6. The third kappa shape index (κ3) is 5.32. The number of aliphatic carboxylic acids is 2. The molecule has 1 atom stereocenters. The molecule has 1 fully saturated rings. The highest BCUT2D eigenvalue weighted by molar-refractivity contribution is 6.30. The van der Waals surface area contributed by atoms with Crippen LogP contribution in [0.3, 0.4) is 0 Å². The largest absolute Gasteiger partial charge is 0.481 e. The summed E-state index contributed by atoms with van der Waals surface area (Å²) in [7, 11) is 0. The number of aromatic nitrogens is 1. The molecule has 1 aliphatic heterocycles. The number of H-pyrrole nitrogens is 1. The second-order valence-electron chi connectivity index (χ2n) is 8.19. The number of carboxylic acids is 2. The second-order valence-corrected chi connectivity index (χ2v) is 8.63. The van der Waals surface area contributed by atoms with E-state index in [2.05, 4.69) is 15.2 Å². The molecule has 10 heteroatoms. The molecule has 0 saturated carbocycles. The Morgan fingerprint density at radius 1 is 1.03 bits per heavy atom. The van der Waals surface area contributed by atoms with Gasteiger partial charge in [-0.3, -0.25) is 19.3 Å². The normalized spacial score (nSPS) is 15.3. The van der Waals surface area contributed by atoms with E-state index in [1.165, 1.54) is 0 Å². The number of nitrogens with zero attached hydrogens (tertiary/aromatic N) is 2. The van der Waals surface area contributed by atoms with Crippen LogP contribution in [0.5, 0.6) is 0 Å². The molecule has 0 spiro atoms. The highest BCUT2D eigenvalue weighted by atomic mass is 35.5. The first-order valence-corrected chi connectivity index (χ1v) is 11.3. The predicted octanol–water partition coefficient (Wildman–Crippen LogP) is 3.57. The lowest BCUT2D eigenvalue weighted by Gasteiger charge is -2.38. The van der Waals surface area contributed by atoms with Crippen molar-refractivity contribution in [3.8, 4) is 0 Å². The van der Waals surface area contributed by atoms with Crippen LogP contribution < -0.4 is 10.2 Å². The molecule has 0 radical (unpaired) electrons. The lowest BCUT2D eigenvalue weighted by molar-refractivity contribution is -0.143. The Balaban J connectivity index is 1.48. The third-order valence-corrected chi connectivity index (χ3v) is 6.18. The monoisotopic (exact) mass is 484 g/mol. The van der Waals surface area contributed by atoms with E-state index in [1.807, 2.05) is 29.2 Å². The molecule has 1 aliphatic rings. The molecule has 178 valence electrons. The average molecular weight is 485 g/mol. The Hall–Kier alpha value is -3.56. The van der Waals surface area contributed by atoms with Crippen LogP contribution in [-0.4, -0.2) is 64.1 Å². The minimum atomic E-state index is -1.03. The maximum atomic E-state index is 12.3. The molecular formula is C24H25ClN4O5. The van der Waals surface area contributed by atoms with E-state index in [-0.39, 0.29) is 12.8 Å². The van der Waals surface area contributed by atoms with Crippen LogP contribution in [0.4, 0.5) is 11.4 Å². The standard InChI is InChI=1S/C24H25ClN4O5/c25-15-2-1-3-17(12-15)28-8-10-29(11-9-28)23(24(33)34)19-14-26-20-13-16(4-5-18(19)20)27-21(30)6-7-22(31)32/h1-5,12-14,23,26H,6-11H2,(H,27,30)(H,31,32)(H,33,34)/t23-/m0/s1. The van der Waals surface area contributed by atoms with Crippen molar-refractivity contribution < 1.29 is 24.6 Å². The molecule has 2 heterocycles. The van der Waals surface area contributed by atoms with Crippen LogP contribution in [0.1, 0.15) is 24.4 Å². The number of carbonyl (C=O) groups excluding carboxylic acids is 1. The summed E-state index contributed by atoms with van der Waals surface area (Å²) in [6.07, 6.45) is 1.33. The molecule has 9 nitrogen and oxygen atoms in total. The number of carboxylic acid groups (broad SMARTS) is 2. The van der Waals surface area contributed by atoms with Gasteiger partial charge in [0.05, 0.1) is 6.42 Å². The maximum Gasteiger partial charge on any atom is 0.325 e. The highest BCUT2D eigenvalue weighted by Crippen LogP contribution is 2.32. The van der Waals surface area contributed by atoms with Crippen molar-refractivity contribution in [2.75, 3.05) is 36.4 Å². The first-order valence-electron chi connectivity index (χ1n) is 10.9. The lowest BCUT2D eigenvalue weighted by atomic mass is 10.0. The van der Waals surface area contributed by atoms with Crippen LogP contribution in [-0.2, 0) is 14.4 Å². The summed E-state index contributed by atoms with van der Waals surface area (Å²) >= 11 is 6.11. The van der Waals surface area contributed by atoms with E-state index >= 15 is 0 Å². The average Bonchev–Trinajstić information content (AvgIpc) is 3.21. The Morgan fingerprint density at radius 2 is 1.79 bits per heavy atom. The van der Waals surface area contributed by atoms with Gasteiger partial charge in [-0.2, -0.15) is 0 Å². The molecular weight excluding hydrogens is 460 g/mol. The molecule has 1 aromatic heterocycles. The molecule has 0 unspecified atom stereocenters. The van der Waals surface area contributed by atoms with Crippen LogP contribution in [0.2, 0.25) is 5.02 Å². The highest BCUT2D eigenvalue weighted by Gasteiger charge is 2.32. The first-order chi connectivity index (χ1) is 16.3. The second kappa shape index (κ2) is 10.1. The number of aromatic amines is 1. The topological polar surface area (TPSA) is 126 Å². The number of halogens is 1. The fraction of sp³-hybridized carbons (Fsp3) is 0.292. The minimum absolute atomic E-state index is 0.119. The van der Waals surface area contributed by atoms with Gasteiger partial charge in [0.1, 0.15) is 6.04 Å². The molecule has 1 saturated heterocycles. The fourth-order valence-corrected chi connectivity index (χ4v) is 4.48. The molecule has 3 aromatic rings. The quantitative estimate of drug-likeness (QED) is 0.385. The van der Waals surface area contributed by atoms with Crippen LogP contribution in [0.25, 0.3) is 10.9 Å². The van der Waals surface area contributed by atoms with Crippen LogP contribution in [0, 0.1) is 0 Å². The van der Waals surface area contributed by atoms with Crippen molar-refractivity contribution in [3.05, 3.63) is 59.2 Å². The number of hydrogen-bond acceptors (Lipinski definition) is 5. The van der Waals surface area contributed by atoms with E-state index in [0.29, 0.717) is 48.0 Å². The summed E-state index contributed by atoms with van der Waals surface area (Å²) < 4.78 is 0. The van der Waals surface area contributed by atoms with Gasteiger partial charge < -0.3 is 25.4 Å². The summed E-state index contributed by atoms with van der Waals surface area (Å²) in [5.74, 6) is -2.36. The van der Waals surface area contributed by atoms with Gasteiger partial charge in [-0.1, -0.05) is 23.7 Å². The number of nitrogens with one attached hydrogen (secondary N) is 2. The minimum Gasteiger partial charge on any atom is -0.481 e. The molecule has 4 N–H and O–H groups in total. The number of benzene rings is 2. The van der Waals surface area contributed by atoms with Gasteiger partial charge in [0.25, 0.3) is 0 Å². The predicted molar refractivity (Wildman–Crippen MR) is 129 cm³/mol. The summed E-state index contributed by atoms with van der Waals surface area (Å²) in [6, 6.07) is 12.0. The number of amides is 1. The zero-order valence-electron chi connectivity index (χ0n) is 18.3. The molecule has 34 heavy (non-hydrogen) atoms. The summed E-state index contributed by atoms with van der Waals surface area (Å²) in [4.78, 5) is 42.1. The molecule has 0 aliphatic carbocycles. The summed E-state index contributed by atoms with van der Waals surface area (Å²) in [5.41, 5.74) is 2.87. The molecule has 0 bridgehead atoms. The number of anilines is 2. The van der Waals surface area contributed by atoms with Gasteiger partial charge in [0.2, 0.25) is 5.91 Å². The van der Waals surface area contributed by atoms with Gasteiger partial charge in [0, 0.05) is 71.7 Å². The number of hydrogen-bond donors (Lipinski definition) is 4. The van der Waals surface area contributed by atoms with E-state index in [0.717, 1.165) is 11.1 Å². The van der Waals surface area contributed by atoms with Gasteiger partial charge in [-0.15, -0.1) is 0 Å². The van der Waals surface area contributed by atoms with Gasteiger partial charge in [0.15, 0.2) is 0 Å². The Kier molecular flexibility index (Phi) is 7.04. The number of rotatable bonds is 8. The fourth-order valence-electron chi connectivity index (χ4n) is 4.29. The van der Waals surface area contributed by atoms with Crippen molar-refractivity contribution in [1.29, 1.82) is 0 Å². The van der Waals surface area contributed by atoms with Crippen LogP contribution >= 0.6 is 11.6 Å². The summed E-state index contributed by atoms with van der Waals surface area (Å²) in [6.45, 7) is 2.51. The zero-order chi connectivity index (χ0) is 24.2. The molecule has 2 aromatic carbocycles. The number of carbonyl (C=O) groups is 3. The van der Waals surface area contributed by atoms with E-state index in [1.54, 1.807) is 24.4 Å². The van der Waals surface area contributed by atoms with Crippen molar-refractivity contribution in [1.82, 2.24) is 9.88 Å². The van der Waals surface area contributed by atoms with Crippen LogP contribution in [0.15, 0.2) is 48.7 Å². The molecule has 4 rings (SSSR count). The van der Waals surface area contributed by atoms with Crippen molar-refractivity contribution in [3.63, 3.8) is 0 Å². The Labute approximate surface area is 200 Å². The SMILES string of the molecule is O=C(O)CCC(=O)Nc1ccc2c([C@@H](C(=O)O)N3CCN(c4cccc(Cl)c4)CC3)c[nH]c2c1. The third-order valence-electron chi connectivity index (χ3n) is 5.94. The van der Waals surface area contributed by atoms with Gasteiger partial charge in [-0.05, 0) is 30.3 Å². The summed E-state index contributed by atoms with van der Waals surface area (Å²) in [5, 5.41) is 22.9. The Bertz CT molecular complexity index is 1220. The lowest BCUT2D eigenvalue weighted by Crippen LogP contribution is -2.49. The molecule has 1 amide bonds. The van der Waals surface area contributed by atoms with Gasteiger partial charge in [-0.25, -0.2) is 0 Å². The number of piperazine rings is 1. The van der Waals surface area contributed by atoms with E-state index in [4.69, 9.17) is 16.7 Å². The smallest absolute Gasteiger partial charge is 0.325 e. The van der Waals surface area contributed by atoms with Crippen molar-refractivity contribution >= 4 is 51.7 Å². The Morgan fingerprint density at radius 3 is 2.47 bits per heavy atom. The number of fused-ring (bicyclic) bond motifs is 1. The van der Waals surface area contributed by atoms with E-state index < -0.39 is 23.9 Å². The van der Waals surface area contributed by atoms with Gasteiger partial charge >= 0.3 is 11.9 Å². The van der Waals surface area contributed by atoms with E-state index in [9.17, 15) is 19.5 Å². The zero-order valence-corrected chi connectivity index (χ0v) is 19.1.